The van der Waals surface area contributed by atoms with Crippen LogP contribution in [0.15, 0.2) is 10.6 Å². The monoisotopic (exact) mass is 329 g/mol. The van der Waals surface area contributed by atoms with Crippen LogP contribution in [0.2, 0.25) is 0 Å². The van der Waals surface area contributed by atoms with Crippen molar-refractivity contribution in [3.8, 4) is 0 Å². The fraction of sp³-hybridized carbons (Fsp3) is 0.647. The minimum absolute atomic E-state index is 0.00423. The highest BCUT2D eigenvalue weighted by molar-refractivity contribution is 5.92. The van der Waals surface area contributed by atoms with E-state index < -0.39 is 0 Å². The Morgan fingerprint density at radius 3 is 2.88 bits per heavy atom. The van der Waals surface area contributed by atoms with Gasteiger partial charge in [0.2, 0.25) is 5.89 Å². The van der Waals surface area contributed by atoms with Crippen LogP contribution in [-0.2, 0) is 0 Å². The number of aromatic amines is 1. The number of likely N-dealkylation sites (tertiary alicyclic amines) is 1. The molecule has 1 N–H and O–H groups in total. The summed E-state index contributed by atoms with van der Waals surface area (Å²) in [5, 5.41) is 11.3. The quantitative estimate of drug-likeness (QED) is 0.932. The van der Waals surface area contributed by atoms with Gasteiger partial charge in [-0.1, -0.05) is 19.0 Å². The van der Waals surface area contributed by atoms with Crippen molar-refractivity contribution < 1.29 is 9.32 Å². The Hall–Kier alpha value is -2.18. The van der Waals surface area contributed by atoms with Crippen molar-refractivity contribution >= 4 is 5.91 Å². The average Bonchev–Trinajstić information content (AvgIpc) is 3.13. The summed E-state index contributed by atoms with van der Waals surface area (Å²) in [6.07, 6.45) is 4.31. The van der Waals surface area contributed by atoms with Crippen molar-refractivity contribution in [2.24, 2.45) is 0 Å². The van der Waals surface area contributed by atoms with Crippen LogP contribution in [0.25, 0.3) is 0 Å². The van der Waals surface area contributed by atoms with Crippen molar-refractivity contribution in [2.45, 2.75) is 57.3 Å². The molecule has 1 saturated carbocycles. The first-order valence-corrected chi connectivity index (χ1v) is 8.80. The molecule has 0 bridgehead atoms. The summed E-state index contributed by atoms with van der Waals surface area (Å²) < 4.78 is 5.31. The van der Waals surface area contributed by atoms with E-state index in [9.17, 15) is 4.79 Å². The lowest BCUT2D eigenvalue weighted by atomic mass is 9.97. The molecule has 4 rings (SSSR count). The second-order valence-electron chi connectivity index (χ2n) is 7.22. The third kappa shape index (κ3) is 2.95. The number of rotatable bonds is 4. The van der Waals surface area contributed by atoms with E-state index in [1.807, 2.05) is 24.8 Å². The predicted molar refractivity (Wildman–Crippen MR) is 86.8 cm³/mol. The minimum Gasteiger partial charge on any atom is -0.339 e. The molecule has 7 nitrogen and oxygen atoms in total. The predicted octanol–water partition coefficient (Wildman–Crippen LogP) is 2.81. The van der Waals surface area contributed by atoms with Crippen LogP contribution >= 0.6 is 0 Å². The van der Waals surface area contributed by atoms with E-state index in [0.29, 0.717) is 24.0 Å². The van der Waals surface area contributed by atoms with Gasteiger partial charge in [0, 0.05) is 36.5 Å². The van der Waals surface area contributed by atoms with Gasteiger partial charge in [-0.05, 0) is 31.7 Å². The molecule has 7 heteroatoms. The molecule has 1 atom stereocenters. The van der Waals surface area contributed by atoms with Crippen LogP contribution in [0.4, 0.5) is 0 Å². The molecule has 2 fully saturated rings. The Bertz CT molecular complexity index is 731. The maximum Gasteiger partial charge on any atom is 0.274 e. The van der Waals surface area contributed by atoms with Gasteiger partial charge >= 0.3 is 0 Å². The highest BCUT2D eigenvalue weighted by Gasteiger charge is 2.31. The van der Waals surface area contributed by atoms with Gasteiger partial charge in [0.1, 0.15) is 5.69 Å². The van der Waals surface area contributed by atoms with E-state index in [1.165, 1.54) is 12.8 Å². The number of amides is 1. The lowest BCUT2D eigenvalue weighted by Gasteiger charge is -2.30. The van der Waals surface area contributed by atoms with E-state index in [-0.39, 0.29) is 17.7 Å². The van der Waals surface area contributed by atoms with Gasteiger partial charge in [-0.3, -0.25) is 9.89 Å². The van der Waals surface area contributed by atoms with Gasteiger partial charge in [0.25, 0.3) is 5.91 Å². The van der Waals surface area contributed by atoms with Crippen LogP contribution in [-0.4, -0.2) is 44.2 Å². The molecule has 0 aromatic carbocycles. The fourth-order valence-corrected chi connectivity index (χ4v) is 3.23. The second-order valence-corrected chi connectivity index (χ2v) is 7.22. The summed E-state index contributed by atoms with van der Waals surface area (Å²) in [5.41, 5.74) is 1.61. The van der Waals surface area contributed by atoms with Crippen LogP contribution in [0.1, 0.15) is 85.2 Å². The Morgan fingerprint density at radius 1 is 1.33 bits per heavy atom. The molecule has 1 saturated heterocycles. The van der Waals surface area contributed by atoms with E-state index in [2.05, 4.69) is 20.3 Å². The zero-order valence-corrected chi connectivity index (χ0v) is 14.2. The first kappa shape index (κ1) is 15.4. The van der Waals surface area contributed by atoms with Crippen molar-refractivity contribution in [1.29, 1.82) is 0 Å². The molecule has 3 heterocycles. The van der Waals surface area contributed by atoms with Crippen LogP contribution in [0, 0.1) is 0 Å². The smallest absolute Gasteiger partial charge is 0.274 e. The van der Waals surface area contributed by atoms with Gasteiger partial charge in [0.15, 0.2) is 5.82 Å². The molecule has 2 aromatic rings. The topological polar surface area (TPSA) is 87.9 Å². The lowest BCUT2D eigenvalue weighted by molar-refractivity contribution is 0.0697. The molecule has 1 aliphatic carbocycles. The van der Waals surface area contributed by atoms with Gasteiger partial charge < -0.3 is 9.42 Å². The van der Waals surface area contributed by atoms with Crippen LogP contribution in [0.5, 0.6) is 0 Å². The van der Waals surface area contributed by atoms with Crippen LogP contribution < -0.4 is 0 Å². The lowest BCUT2D eigenvalue weighted by Crippen LogP contribution is -2.39. The van der Waals surface area contributed by atoms with Gasteiger partial charge in [-0.25, -0.2) is 0 Å². The number of hydrogen-bond acceptors (Lipinski definition) is 5. The molecule has 128 valence electrons. The molecule has 24 heavy (non-hydrogen) atoms. The largest absolute Gasteiger partial charge is 0.339 e. The average molecular weight is 329 g/mol. The highest BCUT2D eigenvalue weighted by Crippen LogP contribution is 2.39. The van der Waals surface area contributed by atoms with E-state index in [0.717, 1.165) is 30.9 Å². The van der Waals surface area contributed by atoms with E-state index in [1.54, 1.807) is 0 Å². The third-order valence-corrected chi connectivity index (χ3v) is 4.86. The summed E-state index contributed by atoms with van der Waals surface area (Å²) in [6, 6.07) is 1.91. The van der Waals surface area contributed by atoms with Crippen molar-refractivity contribution in [3.63, 3.8) is 0 Å². The molecule has 0 unspecified atom stereocenters. The van der Waals surface area contributed by atoms with E-state index >= 15 is 0 Å². The third-order valence-electron chi connectivity index (χ3n) is 4.86. The standard InChI is InChI=1S/C17H23N5O2/c1-10(2)16-18-15(21-24-16)12-4-3-7-22(9-12)17(23)14-8-13(19-20-14)11-5-6-11/h8,10-12H,3-7,9H2,1-2H3,(H,19,20)/t12-/m0/s1. The molecular formula is C17H23N5O2. The molecular weight excluding hydrogens is 306 g/mol. The molecule has 0 radical (unpaired) electrons. The number of carbonyl (C=O) groups is 1. The van der Waals surface area contributed by atoms with Gasteiger partial charge in [0.05, 0.1) is 0 Å². The number of hydrogen-bond donors (Lipinski definition) is 1. The number of nitrogens with zero attached hydrogens (tertiary/aromatic N) is 4. The van der Waals surface area contributed by atoms with Crippen molar-refractivity contribution in [2.75, 3.05) is 13.1 Å². The molecule has 2 aromatic heterocycles. The van der Waals surface area contributed by atoms with Crippen LogP contribution in [0.3, 0.4) is 0 Å². The first-order chi connectivity index (χ1) is 11.6. The Labute approximate surface area is 140 Å². The normalized spacial score (nSPS) is 21.5. The zero-order valence-electron chi connectivity index (χ0n) is 14.2. The molecule has 2 aliphatic rings. The Kier molecular flexibility index (Phi) is 3.86. The summed E-state index contributed by atoms with van der Waals surface area (Å²) >= 11 is 0. The second kappa shape index (κ2) is 6.03. The number of nitrogens with one attached hydrogen (secondary N) is 1. The maximum atomic E-state index is 12.7. The van der Waals surface area contributed by atoms with Gasteiger partial charge in [-0.2, -0.15) is 10.1 Å². The van der Waals surface area contributed by atoms with Crippen molar-refractivity contribution in [1.82, 2.24) is 25.2 Å². The van der Waals surface area contributed by atoms with Gasteiger partial charge in [-0.15, -0.1) is 0 Å². The van der Waals surface area contributed by atoms with Crippen molar-refractivity contribution in [3.05, 3.63) is 29.2 Å². The minimum atomic E-state index is -0.00423. The first-order valence-electron chi connectivity index (χ1n) is 8.80. The molecule has 0 spiro atoms. The molecule has 1 aliphatic heterocycles. The number of aromatic nitrogens is 4. The summed E-state index contributed by atoms with van der Waals surface area (Å²) in [4.78, 5) is 19.1. The number of piperidine rings is 1. The summed E-state index contributed by atoms with van der Waals surface area (Å²) in [6.45, 7) is 5.45. The molecule has 1 amide bonds. The summed E-state index contributed by atoms with van der Waals surface area (Å²) in [7, 11) is 0. The zero-order chi connectivity index (χ0) is 16.7. The Balaban J connectivity index is 1.45. The SMILES string of the molecule is CC(C)c1nc([C@H]2CCCN(C(=O)c3cc(C4CC4)[nH]n3)C2)no1. The highest BCUT2D eigenvalue weighted by atomic mass is 16.5. The Morgan fingerprint density at radius 2 is 2.17 bits per heavy atom. The number of H-pyrrole nitrogens is 1. The fourth-order valence-electron chi connectivity index (χ4n) is 3.23. The maximum absolute atomic E-state index is 12.7. The number of carbonyl (C=O) groups excluding carboxylic acids is 1. The summed E-state index contributed by atoms with van der Waals surface area (Å²) in [5.74, 6) is 2.31. The van der Waals surface area contributed by atoms with E-state index in [4.69, 9.17) is 4.52 Å².